The quantitative estimate of drug-likeness (QED) is 0.777. The van der Waals surface area contributed by atoms with Crippen LogP contribution < -0.4 is 10.1 Å². The van der Waals surface area contributed by atoms with Crippen LogP contribution in [0.15, 0.2) is 35.2 Å². The second kappa shape index (κ2) is 7.56. The van der Waals surface area contributed by atoms with Crippen LogP contribution in [0.3, 0.4) is 0 Å². The third kappa shape index (κ3) is 3.95. The molecule has 2 rings (SSSR count). The van der Waals surface area contributed by atoms with Crippen molar-refractivity contribution in [3.8, 4) is 5.75 Å². The zero-order valence-corrected chi connectivity index (χ0v) is 15.6. The molecule has 0 saturated heterocycles. The summed E-state index contributed by atoms with van der Waals surface area (Å²) in [4.78, 5) is 12.3. The Balaban J connectivity index is 2.45. The van der Waals surface area contributed by atoms with Crippen molar-refractivity contribution in [1.82, 2.24) is 4.31 Å². The zero-order chi connectivity index (χ0) is 19.6. The third-order valence-corrected chi connectivity index (χ3v) is 5.58. The first-order chi connectivity index (χ1) is 12.1. The summed E-state index contributed by atoms with van der Waals surface area (Å²) >= 11 is 5.78. The molecule has 10 heteroatoms. The topological polar surface area (TPSA) is 75.7 Å². The Morgan fingerprint density at radius 2 is 1.77 bits per heavy atom. The highest BCUT2D eigenvalue weighted by molar-refractivity contribution is 7.89. The maximum Gasteiger partial charge on any atom is 0.257 e. The number of carbonyl (C=O) groups excluding carboxylic acids is 1. The summed E-state index contributed by atoms with van der Waals surface area (Å²) in [5.74, 6) is -3.11. The number of hydrogen-bond acceptors (Lipinski definition) is 4. The number of ether oxygens (including phenoxy) is 1. The van der Waals surface area contributed by atoms with Crippen molar-refractivity contribution in [2.45, 2.75) is 4.90 Å². The normalized spacial score (nSPS) is 11.5. The van der Waals surface area contributed by atoms with Gasteiger partial charge in [0.25, 0.3) is 5.91 Å². The molecule has 0 aliphatic carbocycles. The molecule has 2 aromatic carbocycles. The van der Waals surface area contributed by atoms with E-state index in [9.17, 15) is 22.0 Å². The minimum atomic E-state index is -3.75. The van der Waals surface area contributed by atoms with Gasteiger partial charge < -0.3 is 10.1 Å². The number of methoxy groups -OCH3 is 1. The van der Waals surface area contributed by atoms with Crippen molar-refractivity contribution in [3.63, 3.8) is 0 Å². The molecule has 2 aromatic rings. The molecule has 140 valence electrons. The van der Waals surface area contributed by atoms with Crippen molar-refractivity contribution in [2.75, 3.05) is 26.5 Å². The van der Waals surface area contributed by atoms with Crippen LogP contribution in [-0.2, 0) is 10.0 Å². The van der Waals surface area contributed by atoms with Gasteiger partial charge in [0.1, 0.15) is 5.75 Å². The number of rotatable bonds is 5. The van der Waals surface area contributed by atoms with E-state index in [1.54, 1.807) is 0 Å². The second-order valence-corrected chi connectivity index (χ2v) is 7.91. The lowest BCUT2D eigenvalue weighted by Gasteiger charge is -2.15. The van der Waals surface area contributed by atoms with Gasteiger partial charge in [0.2, 0.25) is 10.0 Å². The zero-order valence-electron chi connectivity index (χ0n) is 14.0. The van der Waals surface area contributed by atoms with Crippen molar-refractivity contribution in [1.29, 1.82) is 0 Å². The fourth-order valence-electron chi connectivity index (χ4n) is 2.04. The number of sulfonamides is 1. The summed E-state index contributed by atoms with van der Waals surface area (Å²) in [6.07, 6.45) is 0. The van der Waals surface area contributed by atoms with Crippen molar-refractivity contribution in [3.05, 3.63) is 52.6 Å². The van der Waals surface area contributed by atoms with E-state index in [4.69, 9.17) is 16.3 Å². The Kier molecular flexibility index (Phi) is 5.84. The fraction of sp³-hybridized carbons (Fsp3) is 0.188. The van der Waals surface area contributed by atoms with E-state index in [1.165, 1.54) is 39.4 Å². The highest BCUT2D eigenvalue weighted by atomic mass is 35.5. The Morgan fingerprint density at radius 1 is 1.15 bits per heavy atom. The van der Waals surface area contributed by atoms with Crippen LogP contribution in [0.25, 0.3) is 0 Å². The molecule has 0 saturated carbocycles. The van der Waals surface area contributed by atoms with E-state index in [2.05, 4.69) is 5.32 Å². The van der Waals surface area contributed by atoms with E-state index in [0.717, 1.165) is 4.31 Å². The monoisotopic (exact) mass is 404 g/mol. The molecule has 0 aliphatic heterocycles. The number of hydrogen-bond donors (Lipinski definition) is 1. The van der Waals surface area contributed by atoms with E-state index in [0.29, 0.717) is 12.1 Å². The minimum Gasteiger partial charge on any atom is -0.495 e. The average molecular weight is 405 g/mol. The molecule has 0 aromatic heterocycles. The first kappa shape index (κ1) is 20.1. The molecule has 0 heterocycles. The molecule has 0 spiro atoms. The first-order valence-electron chi connectivity index (χ1n) is 7.14. The highest BCUT2D eigenvalue weighted by Gasteiger charge is 2.21. The predicted molar refractivity (Wildman–Crippen MR) is 93.2 cm³/mol. The lowest BCUT2D eigenvalue weighted by atomic mass is 10.2. The van der Waals surface area contributed by atoms with E-state index in [-0.39, 0.29) is 26.9 Å². The number of anilines is 1. The van der Waals surface area contributed by atoms with Gasteiger partial charge in [-0.15, -0.1) is 0 Å². The minimum absolute atomic E-state index is 0.0289. The second-order valence-electron chi connectivity index (χ2n) is 5.35. The van der Waals surface area contributed by atoms with Crippen LogP contribution in [-0.4, -0.2) is 39.8 Å². The van der Waals surface area contributed by atoms with Gasteiger partial charge in [-0.2, -0.15) is 0 Å². The number of benzene rings is 2. The summed E-state index contributed by atoms with van der Waals surface area (Å²) in [5, 5.41) is 2.10. The molecule has 0 aliphatic rings. The van der Waals surface area contributed by atoms with Crippen LogP contribution in [0.1, 0.15) is 10.4 Å². The Hall–Kier alpha value is -2.23. The van der Waals surface area contributed by atoms with Gasteiger partial charge in [-0.05, 0) is 30.3 Å². The Labute approximate surface area is 154 Å². The summed E-state index contributed by atoms with van der Waals surface area (Å²) < 4.78 is 57.1. The van der Waals surface area contributed by atoms with Crippen LogP contribution in [0.4, 0.5) is 14.5 Å². The van der Waals surface area contributed by atoms with E-state index >= 15 is 0 Å². The number of carbonyl (C=O) groups is 1. The molecular formula is C16H15ClF2N2O4S. The van der Waals surface area contributed by atoms with E-state index in [1.807, 2.05) is 0 Å². The Bertz CT molecular complexity index is 965. The summed E-state index contributed by atoms with van der Waals surface area (Å²) in [5.41, 5.74) is -0.283. The van der Waals surface area contributed by atoms with Crippen LogP contribution in [0.2, 0.25) is 5.02 Å². The standard InChI is InChI=1S/C16H15ClF2N2O4S/c1-21(2)26(23,24)9-4-5-15(25-3)14(6-9)20-16(22)10-7-12(18)13(19)8-11(10)17/h4-8H,1-3H3,(H,20,22). The SMILES string of the molecule is COc1ccc(S(=O)(=O)N(C)C)cc1NC(=O)c1cc(F)c(F)cc1Cl. The molecule has 6 nitrogen and oxygen atoms in total. The number of nitrogens with zero attached hydrogens (tertiary/aromatic N) is 1. The van der Waals surface area contributed by atoms with Crippen molar-refractivity contribution < 1.29 is 26.7 Å². The van der Waals surface area contributed by atoms with Crippen molar-refractivity contribution >= 4 is 33.2 Å². The first-order valence-corrected chi connectivity index (χ1v) is 8.96. The summed E-state index contributed by atoms with van der Waals surface area (Å²) in [7, 11) is 0.295. The van der Waals surface area contributed by atoms with Crippen LogP contribution in [0, 0.1) is 11.6 Å². The number of amides is 1. The molecular weight excluding hydrogens is 390 g/mol. The lowest BCUT2D eigenvalue weighted by Crippen LogP contribution is -2.22. The Morgan fingerprint density at radius 3 is 2.35 bits per heavy atom. The van der Waals surface area contributed by atoms with Crippen LogP contribution in [0.5, 0.6) is 5.75 Å². The van der Waals surface area contributed by atoms with E-state index < -0.39 is 27.6 Å². The molecule has 1 amide bonds. The molecule has 0 radical (unpaired) electrons. The van der Waals surface area contributed by atoms with Gasteiger partial charge in [-0.3, -0.25) is 4.79 Å². The van der Waals surface area contributed by atoms with Gasteiger partial charge in [-0.1, -0.05) is 11.6 Å². The molecule has 0 unspecified atom stereocenters. The van der Waals surface area contributed by atoms with Gasteiger partial charge in [-0.25, -0.2) is 21.5 Å². The number of nitrogens with one attached hydrogen (secondary N) is 1. The van der Waals surface area contributed by atoms with Crippen molar-refractivity contribution in [2.24, 2.45) is 0 Å². The predicted octanol–water partition coefficient (Wildman–Crippen LogP) is 3.13. The largest absolute Gasteiger partial charge is 0.495 e. The maximum absolute atomic E-state index is 13.4. The maximum atomic E-state index is 13.4. The van der Waals surface area contributed by atoms with Crippen LogP contribution >= 0.6 is 11.6 Å². The summed E-state index contributed by atoms with van der Waals surface area (Å²) in [6, 6.07) is 5.20. The highest BCUT2D eigenvalue weighted by Crippen LogP contribution is 2.30. The fourth-order valence-corrected chi connectivity index (χ4v) is 3.21. The number of halogens is 3. The smallest absolute Gasteiger partial charge is 0.257 e. The lowest BCUT2D eigenvalue weighted by molar-refractivity contribution is 0.102. The molecule has 26 heavy (non-hydrogen) atoms. The molecule has 0 bridgehead atoms. The molecule has 0 fully saturated rings. The van der Waals surface area contributed by atoms with Gasteiger partial charge >= 0.3 is 0 Å². The van der Waals surface area contributed by atoms with Gasteiger partial charge in [0, 0.05) is 14.1 Å². The van der Waals surface area contributed by atoms with Gasteiger partial charge in [0.05, 0.1) is 28.3 Å². The molecule has 0 atom stereocenters. The average Bonchev–Trinajstić information content (AvgIpc) is 2.57. The summed E-state index contributed by atoms with van der Waals surface area (Å²) in [6.45, 7) is 0. The van der Waals surface area contributed by atoms with Gasteiger partial charge in [0.15, 0.2) is 11.6 Å². The third-order valence-electron chi connectivity index (χ3n) is 3.45. The molecule has 1 N–H and O–H groups in total.